The van der Waals surface area contributed by atoms with Crippen LogP contribution in [0.1, 0.15) is 23.2 Å². The molecule has 1 aromatic carbocycles. The summed E-state index contributed by atoms with van der Waals surface area (Å²) < 4.78 is 5.25. The first kappa shape index (κ1) is 16.8. The number of carbonyl (C=O) groups is 3. The van der Waals surface area contributed by atoms with Crippen LogP contribution in [0.2, 0.25) is 0 Å². The average molecular weight is 322 g/mol. The molecule has 3 N–H and O–H groups in total. The summed E-state index contributed by atoms with van der Waals surface area (Å²) in [6.07, 6.45) is -0.438. The Morgan fingerprint density at radius 1 is 1.13 bits per heavy atom. The van der Waals surface area contributed by atoms with Gasteiger partial charge in [0.25, 0.3) is 0 Å². The number of hydrogen-bond donors (Lipinski definition) is 3. The van der Waals surface area contributed by atoms with E-state index in [2.05, 4.69) is 5.32 Å². The predicted molar refractivity (Wildman–Crippen MR) is 81.9 cm³/mol. The molecule has 1 aromatic rings. The molecule has 23 heavy (non-hydrogen) atoms. The van der Waals surface area contributed by atoms with Crippen molar-refractivity contribution >= 4 is 29.2 Å². The van der Waals surface area contributed by atoms with Gasteiger partial charge in [-0.1, -0.05) is 0 Å². The third-order valence-corrected chi connectivity index (χ3v) is 3.43. The predicted octanol–water partition coefficient (Wildman–Crippen LogP) is 1.02. The lowest BCUT2D eigenvalue weighted by Gasteiger charge is -2.30. The lowest BCUT2D eigenvalue weighted by Crippen LogP contribution is -2.37. The number of aliphatic carboxylic acids is 1. The van der Waals surface area contributed by atoms with Crippen LogP contribution < -0.4 is 10.2 Å². The highest BCUT2D eigenvalue weighted by molar-refractivity contribution is 5.98. The summed E-state index contributed by atoms with van der Waals surface area (Å²) in [4.78, 5) is 35.5. The van der Waals surface area contributed by atoms with Gasteiger partial charge in [0, 0.05) is 25.2 Å². The van der Waals surface area contributed by atoms with Crippen LogP contribution in [-0.2, 0) is 14.3 Å². The maximum absolute atomic E-state index is 11.6. The largest absolute Gasteiger partial charge is 0.481 e. The molecule has 0 bridgehead atoms. The molecule has 1 aliphatic heterocycles. The summed E-state index contributed by atoms with van der Waals surface area (Å²) in [5.74, 6) is -2.62. The van der Waals surface area contributed by atoms with E-state index >= 15 is 0 Å². The standard InChI is InChI=1S/C15H18N2O6/c18-13(3-4-14(19)20)16-10-1-2-12(11(9-10)15(21)22)17-5-7-23-8-6-17/h1-2,9H,3-8H2,(H,16,18)(H,19,20)(H,21,22). The van der Waals surface area contributed by atoms with E-state index in [1.165, 1.54) is 6.07 Å². The summed E-state index contributed by atoms with van der Waals surface area (Å²) in [5.41, 5.74) is 0.988. The fraction of sp³-hybridized carbons (Fsp3) is 0.400. The number of rotatable bonds is 6. The highest BCUT2D eigenvalue weighted by Crippen LogP contribution is 2.25. The van der Waals surface area contributed by atoms with Crippen LogP contribution in [0.5, 0.6) is 0 Å². The molecule has 0 saturated carbocycles. The molecule has 0 unspecified atom stereocenters. The summed E-state index contributed by atoms with van der Waals surface area (Å²) in [6, 6.07) is 4.63. The van der Waals surface area contributed by atoms with E-state index in [0.717, 1.165) is 0 Å². The van der Waals surface area contributed by atoms with Crippen molar-refractivity contribution in [2.45, 2.75) is 12.8 Å². The van der Waals surface area contributed by atoms with Gasteiger partial charge >= 0.3 is 11.9 Å². The van der Waals surface area contributed by atoms with Gasteiger partial charge in [-0.05, 0) is 18.2 Å². The van der Waals surface area contributed by atoms with Crippen LogP contribution in [0, 0.1) is 0 Å². The third-order valence-electron chi connectivity index (χ3n) is 3.43. The minimum atomic E-state index is -1.09. The maximum Gasteiger partial charge on any atom is 0.337 e. The average Bonchev–Trinajstić information content (AvgIpc) is 2.53. The second-order valence-electron chi connectivity index (χ2n) is 5.08. The third kappa shape index (κ3) is 4.68. The number of nitrogens with zero attached hydrogens (tertiary/aromatic N) is 1. The molecule has 0 radical (unpaired) electrons. The van der Waals surface area contributed by atoms with E-state index in [4.69, 9.17) is 9.84 Å². The number of carbonyl (C=O) groups excluding carboxylic acids is 1. The van der Waals surface area contributed by atoms with E-state index in [9.17, 15) is 19.5 Å². The number of carboxylic acids is 2. The number of hydrogen-bond acceptors (Lipinski definition) is 5. The van der Waals surface area contributed by atoms with Crippen LogP contribution in [0.25, 0.3) is 0 Å². The highest BCUT2D eigenvalue weighted by Gasteiger charge is 2.19. The number of ether oxygens (including phenoxy) is 1. The van der Waals surface area contributed by atoms with Crippen LogP contribution in [-0.4, -0.2) is 54.4 Å². The van der Waals surface area contributed by atoms with Crippen LogP contribution in [0.4, 0.5) is 11.4 Å². The quantitative estimate of drug-likeness (QED) is 0.716. The van der Waals surface area contributed by atoms with E-state index in [1.54, 1.807) is 12.1 Å². The molecular formula is C15H18N2O6. The number of morpholine rings is 1. The summed E-state index contributed by atoms with van der Waals surface area (Å²) >= 11 is 0. The van der Waals surface area contributed by atoms with Gasteiger partial charge in [0.15, 0.2) is 0 Å². The van der Waals surface area contributed by atoms with Gasteiger partial charge in [0.05, 0.1) is 30.9 Å². The molecule has 124 valence electrons. The van der Waals surface area contributed by atoms with E-state index in [1.807, 2.05) is 4.90 Å². The topological polar surface area (TPSA) is 116 Å². The lowest BCUT2D eigenvalue weighted by molar-refractivity contribution is -0.138. The Morgan fingerprint density at radius 3 is 2.43 bits per heavy atom. The van der Waals surface area contributed by atoms with Crippen molar-refractivity contribution in [3.8, 4) is 0 Å². The van der Waals surface area contributed by atoms with Gasteiger partial charge in [-0.15, -0.1) is 0 Å². The minimum Gasteiger partial charge on any atom is -0.481 e. The van der Waals surface area contributed by atoms with Crippen LogP contribution in [0.15, 0.2) is 18.2 Å². The van der Waals surface area contributed by atoms with E-state index in [-0.39, 0.29) is 18.4 Å². The second kappa shape index (κ2) is 7.59. The molecule has 8 heteroatoms. The first-order chi connectivity index (χ1) is 11.0. The molecule has 8 nitrogen and oxygen atoms in total. The van der Waals surface area contributed by atoms with Crippen LogP contribution >= 0.6 is 0 Å². The molecular weight excluding hydrogens is 304 g/mol. The number of carboxylic acid groups (broad SMARTS) is 2. The summed E-state index contributed by atoms with van der Waals surface area (Å²) in [7, 11) is 0. The smallest absolute Gasteiger partial charge is 0.337 e. The number of nitrogens with one attached hydrogen (secondary N) is 1. The van der Waals surface area contributed by atoms with Gasteiger partial charge in [-0.25, -0.2) is 4.79 Å². The molecule has 1 amide bonds. The van der Waals surface area contributed by atoms with Crippen molar-refractivity contribution in [2.75, 3.05) is 36.5 Å². The fourth-order valence-corrected chi connectivity index (χ4v) is 2.31. The molecule has 1 aliphatic rings. The Labute approximate surface area is 132 Å². The molecule has 0 aliphatic carbocycles. The molecule has 0 spiro atoms. The van der Waals surface area contributed by atoms with Crippen LogP contribution in [0.3, 0.4) is 0 Å². The van der Waals surface area contributed by atoms with Crippen molar-refractivity contribution in [1.82, 2.24) is 0 Å². The number of amides is 1. The van der Waals surface area contributed by atoms with Crippen molar-refractivity contribution in [1.29, 1.82) is 0 Å². The Balaban J connectivity index is 2.13. The summed E-state index contributed by atoms with van der Waals surface area (Å²) in [5, 5.41) is 20.4. The molecule has 1 saturated heterocycles. The number of anilines is 2. The van der Waals surface area contributed by atoms with Gasteiger partial charge in [-0.2, -0.15) is 0 Å². The Morgan fingerprint density at radius 2 is 1.83 bits per heavy atom. The minimum absolute atomic E-state index is 0.0861. The highest BCUT2D eigenvalue weighted by atomic mass is 16.5. The SMILES string of the molecule is O=C(O)CCC(=O)Nc1ccc(N2CCOCC2)c(C(=O)O)c1. The van der Waals surface area contributed by atoms with E-state index < -0.39 is 17.8 Å². The summed E-state index contributed by atoms with van der Waals surface area (Å²) in [6.45, 7) is 2.27. The van der Waals surface area contributed by atoms with Crippen molar-refractivity contribution in [3.63, 3.8) is 0 Å². The Bertz CT molecular complexity index is 610. The van der Waals surface area contributed by atoms with Gasteiger partial charge in [0.2, 0.25) is 5.91 Å². The fourth-order valence-electron chi connectivity index (χ4n) is 2.31. The molecule has 0 atom stereocenters. The van der Waals surface area contributed by atoms with Crippen molar-refractivity contribution in [2.24, 2.45) is 0 Å². The number of aromatic carboxylic acids is 1. The molecule has 1 fully saturated rings. The van der Waals surface area contributed by atoms with Gasteiger partial charge < -0.3 is 25.2 Å². The Kier molecular flexibility index (Phi) is 5.53. The zero-order valence-electron chi connectivity index (χ0n) is 12.4. The molecule has 2 rings (SSSR count). The zero-order chi connectivity index (χ0) is 16.8. The zero-order valence-corrected chi connectivity index (χ0v) is 12.4. The Hall–Kier alpha value is -2.61. The molecule has 0 aromatic heterocycles. The normalized spacial score (nSPS) is 14.3. The van der Waals surface area contributed by atoms with Gasteiger partial charge in [-0.3, -0.25) is 9.59 Å². The van der Waals surface area contributed by atoms with E-state index in [0.29, 0.717) is 37.7 Å². The first-order valence-electron chi connectivity index (χ1n) is 7.19. The van der Waals surface area contributed by atoms with Crippen molar-refractivity contribution < 1.29 is 29.3 Å². The molecule has 1 heterocycles. The maximum atomic E-state index is 11.6. The lowest BCUT2D eigenvalue weighted by atomic mass is 10.1. The first-order valence-corrected chi connectivity index (χ1v) is 7.19. The number of benzene rings is 1. The van der Waals surface area contributed by atoms with Crippen molar-refractivity contribution in [3.05, 3.63) is 23.8 Å². The van der Waals surface area contributed by atoms with Gasteiger partial charge in [0.1, 0.15) is 0 Å². The second-order valence-corrected chi connectivity index (χ2v) is 5.08. The monoisotopic (exact) mass is 322 g/mol.